The fourth-order valence-corrected chi connectivity index (χ4v) is 7.78. The van der Waals surface area contributed by atoms with Crippen LogP contribution in [0, 0.1) is 6.92 Å². The molecule has 3 radical (unpaired) electrons. The number of hydrogen-bond acceptors (Lipinski definition) is 4. The van der Waals surface area contributed by atoms with Gasteiger partial charge in [0.25, 0.3) is 0 Å². The molecule has 0 aromatic heterocycles. The molecule has 0 bridgehead atoms. The molecule has 0 saturated carbocycles. The maximum Gasteiger partial charge on any atom is 0.121 e. The third-order valence-corrected chi connectivity index (χ3v) is 10.8. The first-order valence-electron chi connectivity index (χ1n) is 13.4. The smallest absolute Gasteiger partial charge is 0.121 e. The molecule has 2 heterocycles. The van der Waals surface area contributed by atoms with Gasteiger partial charge in [-0.15, -0.1) is 0 Å². The molecule has 0 N–H and O–H groups in total. The zero-order valence-electron chi connectivity index (χ0n) is 21.9. The first-order chi connectivity index (χ1) is 18.3. The minimum Gasteiger partial charge on any atom is -0.379 e. The molecule has 2 unspecified atom stereocenters. The van der Waals surface area contributed by atoms with Crippen molar-refractivity contribution in [1.29, 1.82) is 0 Å². The Labute approximate surface area is 226 Å². The summed E-state index contributed by atoms with van der Waals surface area (Å²) >= 11 is 0. The molecule has 3 aromatic carbocycles. The Morgan fingerprint density at radius 3 is 1.78 bits per heavy atom. The Morgan fingerprint density at radius 2 is 1.24 bits per heavy atom. The fourth-order valence-electron chi connectivity index (χ4n) is 4.01. The minimum absolute atomic E-state index is 0.373. The van der Waals surface area contributed by atoms with Gasteiger partial charge in [0, 0.05) is 13.2 Å². The van der Waals surface area contributed by atoms with Crippen LogP contribution in [-0.2, 0) is 18.9 Å². The van der Waals surface area contributed by atoms with E-state index in [2.05, 4.69) is 91.9 Å². The predicted molar refractivity (Wildman–Crippen MR) is 154 cm³/mol. The Bertz CT molecular complexity index is 970. The number of epoxide rings is 2. The van der Waals surface area contributed by atoms with Crippen molar-refractivity contribution in [3.8, 4) is 0 Å². The maximum absolute atomic E-state index is 5.67. The minimum atomic E-state index is -0.696. The van der Waals surface area contributed by atoms with Gasteiger partial charge in [0.05, 0.1) is 35.9 Å². The van der Waals surface area contributed by atoms with Crippen molar-refractivity contribution in [1.82, 2.24) is 0 Å². The number of rotatable bonds is 15. The Kier molecular flexibility index (Phi) is 12.1. The predicted octanol–water partition coefficient (Wildman–Crippen LogP) is 3.65. The molecule has 4 nitrogen and oxygen atoms in total. The third-order valence-electron chi connectivity index (χ3n) is 6.30. The van der Waals surface area contributed by atoms with E-state index in [0.29, 0.717) is 12.2 Å². The van der Waals surface area contributed by atoms with Gasteiger partial charge in [-0.1, -0.05) is 112 Å². The normalized spacial score (nSPS) is 17.8. The molecule has 5 rings (SSSR count). The van der Waals surface area contributed by atoms with Crippen LogP contribution < -0.4 is 15.6 Å². The molecule has 195 valence electrons. The molecule has 3 aromatic rings. The summed E-state index contributed by atoms with van der Waals surface area (Å²) < 4.78 is 21.4. The lowest BCUT2D eigenvalue weighted by Gasteiger charge is -2.16. The lowest BCUT2D eigenvalue weighted by molar-refractivity contribution is 0.117. The molecule has 2 aliphatic rings. The second-order valence-corrected chi connectivity index (χ2v) is 13.5. The Hall–Kier alpha value is -2.07. The SMILES string of the molecule is Cc1ccccc1[Si]CCCOCC1CO1.c1ccc([Si](CCCOCC2CO2)c2ccccc2)cc1. The van der Waals surface area contributed by atoms with Crippen LogP contribution >= 0.6 is 0 Å². The van der Waals surface area contributed by atoms with Gasteiger partial charge in [-0.05, 0) is 25.8 Å². The molecule has 0 aliphatic carbocycles. The van der Waals surface area contributed by atoms with Gasteiger partial charge in [0.1, 0.15) is 21.0 Å². The quantitative estimate of drug-likeness (QED) is 0.171. The summed E-state index contributed by atoms with van der Waals surface area (Å²) in [5, 5.41) is 4.46. The lowest BCUT2D eigenvalue weighted by atomic mass is 10.2. The molecular formula is C31H39O4Si2. The van der Waals surface area contributed by atoms with E-state index in [4.69, 9.17) is 18.9 Å². The summed E-state index contributed by atoms with van der Waals surface area (Å²) in [6, 6.07) is 32.9. The number of benzene rings is 3. The van der Waals surface area contributed by atoms with Crippen LogP contribution in [0.25, 0.3) is 0 Å². The third kappa shape index (κ3) is 11.1. The van der Waals surface area contributed by atoms with Crippen molar-refractivity contribution in [3.05, 3.63) is 90.5 Å². The summed E-state index contributed by atoms with van der Waals surface area (Å²) in [4.78, 5) is 0. The van der Waals surface area contributed by atoms with Gasteiger partial charge >= 0.3 is 0 Å². The van der Waals surface area contributed by atoms with E-state index in [-0.39, 0.29) is 0 Å². The highest BCUT2D eigenvalue weighted by molar-refractivity contribution is 6.85. The Morgan fingerprint density at radius 1 is 0.730 bits per heavy atom. The topological polar surface area (TPSA) is 43.5 Å². The molecule has 6 heteroatoms. The highest BCUT2D eigenvalue weighted by Crippen LogP contribution is 2.10. The van der Waals surface area contributed by atoms with E-state index in [9.17, 15) is 0 Å². The summed E-state index contributed by atoms with van der Waals surface area (Å²) in [6.45, 7) is 7.22. The van der Waals surface area contributed by atoms with Gasteiger partial charge < -0.3 is 18.9 Å². The van der Waals surface area contributed by atoms with Crippen LogP contribution in [0.15, 0.2) is 84.9 Å². The van der Waals surface area contributed by atoms with Crippen molar-refractivity contribution in [2.24, 2.45) is 0 Å². The summed E-state index contributed by atoms with van der Waals surface area (Å²) in [7, 11) is 0.218. The first kappa shape index (κ1) is 28.0. The van der Waals surface area contributed by atoms with Gasteiger partial charge in [-0.25, -0.2) is 0 Å². The van der Waals surface area contributed by atoms with Crippen molar-refractivity contribution < 1.29 is 18.9 Å². The second kappa shape index (κ2) is 16.0. The number of ether oxygens (including phenoxy) is 4. The summed E-state index contributed by atoms with van der Waals surface area (Å²) in [5.74, 6) is 0. The van der Waals surface area contributed by atoms with Crippen LogP contribution in [0.5, 0.6) is 0 Å². The summed E-state index contributed by atoms with van der Waals surface area (Å²) in [5.41, 5.74) is 1.41. The van der Waals surface area contributed by atoms with E-state index in [1.165, 1.54) is 33.2 Å². The van der Waals surface area contributed by atoms with Crippen LogP contribution in [0.3, 0.4) is 0 Å². The Balaban J connectivity index is 0.000000180. The molecule has 0 spiro atoms. The largest absolute Gasteiger partial charge is 0.379 e. The molecule has 0 amide bonds. The van der Waals surface area contributed by atoms with E-state index in [1.807, 2.05) is 0 Å². The highest BCUT2D eigenvalue weighted by Gasteiger charge is 2.23. The van der Waals surface area contributed by atoms with E-state index in [1.54, 1.807) is 0 Å². The molecule has 2 saturated heterocycles. The summed E-state index contributed by atoms with van der Waals surface area (Å²) in [6.07, 6.45) is 3.04. The van der Waals surface area contributed by atoms with Gasteiger partial charge in [-0.3, -0.25) is 0 Å². The molecule has 37 heavy (non-hydrogen) atoms. The average molecular weight is 532 g/mol. The van der Waals surface area contributed by atoms with Crippen LogP contribution in [0.2, 0.25) is 12.1 Å². The van der Waals surface area contributed by atoms with E-state index < -0.39 is 8.80 Å². The van der Waals surface area contributed by atoms with Crippen molar-refractivity contribution in [3.63, 3.8) is 0 Å². The molecular weight excluding hydrogens is 493 g/mol. The molecule has 2 aliphatic heterocycles. The monoisotopic (exact) mass is 531 g/mol. The van der Waals surface area contributed by atoms with Crippen LogP contribution in [0.4, 0.5) is 0 Å². The highest BCUT2D eigenvalue weighted by atomic mass is 28.3. The maximum atomic E-state index is 5.67. The standard InChI is InChI=1S/C18H21O2Si.C13H18O2Si/c1-3-8-17(9-4-1)21(18-10-5-2-6-11-18)13-7-12-19-14-16-15-20-16;1-11-5-2-3-6-13(11)16-8-4-7-14-9-12-10-15-12/h1-6,8-11,16H,7,12-15H2;2-3,5-6,12H,4,7-10H2,1H3. The zero-order chi connectivity index (χ0) is 25.5. The molecule has 2 fully saturated rings. The zero-order valence-corrected chi connectivity index (χ0v) is 23.9. The second-order valence-electron chi connectivity index (χ2n) is 9.47. The fraction of sp³-hybridized carbons (Fsp3) is 0.419. The van der Waals surface area contributed by atoms with Crippen LogP contribution in [-0.4, -0.2) is 70.2 Å². The van der Waals surface area contributed by atoms with Crippen molar-refractivity contribution in [2.45, 2.75) is 44.1 Å². The lowest BCUT2D eigenvalue weighted by Crippen LogP contribution is -2.42. The van der Waals surface area contributed by atoms with E-state index >= 15 is 0 Å². The number of aryl methyl sites for hydroxylation is 1. The van der Waals surface area contributed by atoms with Gasteiger partial charge in [0.15, 0.2) is 0 Å². The van der Waals surface area contributed by atoms with Crippen LogP contribution in [0.1, 0.15) is 18.4 Å². The number of hydrogen-bond donors (Lipinski definition) is 0. The van der Waals surface area contributed by atoms with Gasteiger partial charge in [0.2, 0.25) is 0 Å². The average Bonchev–Trinajstić information content (AvgIpc) is 3.87. The van der Waals surface area contributed by atoms with Crippen molar-refractivity contribution in [2.75, 3.05) is 39.6 Å². The van der Waals surface area contributed by atoms with Crippen molar-refractivity contribution >= 4 is 33.9 Å². The molecule has 2 atom stereocenters. The van der Waals surface area contributed by atoms with E-state index in [0.717, 1.165) is 62.0 Å². The van der Waals surface area contributed by atoms with Gasteiger partial charge in [-0.2, -0.15) is 0 Å². The first-order valence-corrected chi connectivity index (χ1v) is 16.4.